The number of sulfonamides is 1. The van der Waals surface area contributed by atoms with Crippen LogP contribution >= 0.6 is 0 Å². The van der Waals surface area contributed by atoms with Gasteiger partial charge >= 0.3 is 0 Å². The summed E-state index contributed by atoms with van der Waals surface area (Å²) in [7, 11) is -0.867. The highest BCUT2D eigenvalue weighted by Crippen LogP contribution is 2.31. The van der Waals surface area contributed by atoms with Crippen LogP contribution in [0.2, 0.25) is 0 Å². The fourth-order valence-electron chi connectivity index (χ4n) is 3.00. The summed E-state index contributed by atoms with van der Waals surface area (Å²) < 4.78 is 43.7. The van der Waals surface area contributed by atoms with E-state index in [1.165, 1.54) is 13.2 Å². The third-order valence-corrected chi connectivity index (χ3v) is 5.86. The van der Waals surface area contributed by atoms with Crippen LogP contribution in [0.15, 0.2) is 76.1 Å². The maximum absolute atomic E-state index is 12.8. The van der Waals surface area contributed by atoms with Crippen molar-refractivity contribution in [1.29, 1.82) is 0 Å². The van der Waals surface area contributed by atoms with E-state index in [1.54, 1.807) is 31.4 Å². The molecule has 0 aliphatic rings. The van der Waals surface area contributed by atoms with Gasteiger partial charge in [0.25, 0.3) is 10.0 Å². The van der Waals surface area contributed by atoms with Crippen LogP contribution in [0.1, 0.15) is 0 Å². The first-order valence-corrected chi connectivity index (χ1v) is 10.2. The molecule has 0 bridgehead atoms. The molecule has 0 radical (unpaired) electrons. The Balaban J connectivity index is 1.67. The first-order chi connectivity index (χ1) is 14.0. The monoisotopic (exact) mass is 410 g/mol. The Labute approximate surface area is 167 Å². The first kappa shape index (κ1) is 18.8. The van der Waals surface area contributed by atoms with E-state index in [-0.39, 0.29) is 16.5 Å². The molecule has 29 heavy (non-hydrogen) atoms. The molecule has 0 saturated heterocycles. The van der Waals surface area contributed by atoms with Crippen LogP contribution in [0.4, 0.5) is 5.82 Å². The topological polar surface area (TPSA) is 90.7 Å². The summed E-state index contributed by atoms with van der Waals surface area (Å²) >= 11 is 0. The van der Waals surface area contributed by atoms with Crippen LogP contribution in [0.5, 0.6) is 11.5 Å². The van der Waals surface area contributed by atoms with Crippen LogP contribution in [-0.2, 0) is 10.0 Å². The van der Waals surface area contributed by atoms with Crippen LogP contribution in [0, 0.1) is 0 Å². The second-order valence-electron chi connectivity index (χ2n) is 6.23. The lowest BCUT2D eigenvalue weighted by Gasteiger charge is -2.09. The summed E-state index contributed by atoms with van der Waals surface area (Å²) in [5.74, 6) is 1.13. The minimum absolute atomic E-state index is 0.0218. The Hall–Kier alpha value is -3.52. The van der Waals surface area contributed by atoms with E-state index in [0.29, 0.717) is 11.0 Å². The van der Waals surface area contributed by atoms with E-state index in [9.17, 15) is 8.42 Å². The number of para-hydroxylation sites is 1. The number of benzene rings is 3. The van der Waals surface area contributed by atoms with Crippen molar-refractivity contribution in [3.05, 3.63) is 66.7 Å². The Kier molecular flexibility index (Phi) is 4.85. The number of hydrogen-bond donors (Lipinski definition) is 1. The molecule has 1 N–H and O–H groups in total. The molecule has 1 heterocycles. The number of nitrogens with zero attached hydrogens (tertiary/aromatic N) is 1. The molecule has 0 aliphatic carbocycles. The van der Waals surface area contributed by atoms with Gasteiger partial charge in [-0.15, -0.1) is 0 Å². The molecular formula is C21H18N2O5S. The first-order valence-electron chi connectivity index (χ1n) is 8.71. The smallest absolute Gasteiger partial charge is 0.266 e. The number of anilines is 1. The molecule has 0 saturated carbocycles. The van der Waals surface area contributed by atoms with Gasteiger partial charge in [0.05, 0.1) is 19.6 Å². The van der Waals surface area contributed by atoms with Crippen LogP contribution < -0.4 is 14.2 Å². The second kappa shape index (κ2) is 7.48. The summed E-state index contributed by atoms with van der Waals surface area (Å²) in [4.78, 5) is 0.0218. The summed E-state index contributed by atoms with van der Waals surface area (Å²) in [6.45, 7) is 0. The van der Waals surface area contributed by atoms with Gasteiger partial charge < -0.3 is 14.0 Å². The molecule has 0 spiro atoms. The highest BCUT2D eigenvalue weighted by Gasteiger charge is 2.22. The fourth-order valence-corrected chi connectivity index (χ4v) is 4.18. The molecular weight excluding hydrogens is 392 g/mol. The minimum Gasteiger partial charge on any atom is -0.497 e. The Morgan fingerprint density at radius 3 is 2.34 bits per heavy atom. The minimum atomic E-state index is -3.90. The normalized spacial score (nSPS) is 11.4. The molecule has 3 aromatic carbocycles. The van der Waals surface area contributed by atoms with Crippen molar-refractivity contribution in [3.8, 4) is 22.6 Å². The highest BCUT2D eigenvalue weighted by molar-refractivity contribution is 7.92. The number of ether oxygens (including phenoxy) is 2. The van der Waals surface area contributed by atoms with E-state index in [2.05, 4.69) is 9.88 Å². The van der Waals surface area contributed by atoms with Crippen molar-refractivity contribution in [2.45, 2.75) is 4.90 Å². The average molecular weight is 410 g/mol. The number of fused-ring (bicyclic) bond motifs is 1. The van der Waals surface area contributed by atoms with Gasteiger partial charge in [0.15, 0.2) is 11.4 Å². The molecule has 0 aliphatic heterocycles. The lowest BCUT2D eigenvalue weighted by molar-refractivity contribution is 0.403. The summed E-state index contributed by atoms with van der Waals surface area (Å²) in [6, 6.07) is 19.4. The largest absolute Gasteiger partial charge is 0.497 e. The molecule has 0 unspecified atom stereocenters. The van der Waals surface area contributed by atoms with E-state index in [1.807, 2.05) is 36.4 Å². The molecule has 8 heteroatoms. The quantitative estimate of drug-likeness (QED) is 0.509. The third kappa shape index (κ3) is 3.62. The van der Waals surface area contributed by atoms with Gasteiger partial charge in [-0.05, 0) is 47.5 Å². The average Bonchev–Trinajstić information content (AvgIpc) is 3.15. The van der Waals surface area contributed by atoms with Gasteiger partial charge in [-0.3, -0.25) is 4.72 Å². The molecule has 4 aromatic rings. The standard InChI is InChI=1S/C21H18N2O5S/c1-26-16-10-7-14(8-11-16)15-9-12-17-19(13-15)28-22-21(17)23-29(24,25)20-6-4-3-5-18(20)27-2/h3-13H,1-2H3,(H,22,23). The number of hydrogen-bond acceptors (Lipinski definition) is 6. The van der Waals surface area contributed by atoms with Crippen molar-refractivity contribution in [3.63, 3.8) is 0 Å². The summed E-state index contributed by atoms with van der Waals surface area (Å²) in [5.41, 5.74) is 2.35. The van der Waals surface area contributed by atoms with Crippen LogP contribution in [0.25, 0.3) is 22.1 Å². The van der Waals surface area contributed by atoms with Gasteiger partial charge in [0.1, 0.15) is 16.4 Å². The Morgan fingerprint density at radius 2 is 1.62 bits per heavy atom. The van der Waals surface area contributed by atoms with Gasteiger partial charge in [-0.2, -0.15) is 0 Å². The van der Waals surface area contributed by atoms with Crippen LogP contribution in [0.3, 0.4) is 0 Å². The second-order valence-corrected chi connectivity index (χ2v) is 7.88. The Bertz CT molecular complexity index is 1260. The van der Waals surface area contributed by atoms with Gasteiger partial charge in [0.2, 0.25) is 0 Å². The maximum Gasteiger partial charge on any atom is 0.266 e. The van der Waals surface area contributed by atoms with Crippen molar-refractivity contribution >= 4 is 26.8 Å². The number of rotatable bonds is 6. The molecule has 1 aromatic heterocycles. The van der Waals surface area contributed by atoms with Gasteiger partial charge in [-0.25, -0.2) is 8.42 Å². The van der Waals surface area contributed by atoms with Gasteiger partial charge in [0, 0.05) is 0 Å². The molecule has 0 fully saturated rings. The zero-order valence-electron chi connectivity index (χ0n) is 15.7. The van der Waals surface area contributed by atoms with E-state index >= 15 is 0 Å². The van der Waals surface area contributed by atoms with Crippen LogP contribution in [-0.4, -0.2) is 27.8 Å². The molecule has 148 valence electrons. The molecule has 0 amide bonds. The van der Waals surface area contributed by atoms with Crippen molar-refractivity contribution < 1.29 is 22.4 Å². The third-order valence-electron chi connectivity index (χ3n) is 4.48. The van der Waals surface area contributed by atoms with E-state index < -0.39 is 10.0 Å². The van der Waals surface area contributed by atoms with Gasteiger partial charge in [-0.1, -0.05) is 35.5 Å². The summed E-state index contributed by atoms with van der Waals surface area (Å²) in [6.07, 6.45) is 0. The maximum atomic E-state index is 12.8. The van der Waals surface area contributed by atoms with E-state index in [4.69, 9.17) is 14.0 Å². The molecule has 4 rings (SSSR count). The predicted molar refractivity (Wildman–Crippen MR) is 110 cm³/mol. The lowest BCUT2D eigenvalue weighted by Crippen LogP contribution is -2.14. The summed E-state index contributed by atoms with van der Waals surface area (Å²) in [5, 5.41) is 4.45. The van der Waals surface area contributed by atoms with E-state index in [0.717, 1.165) is 16.9 Å². The SMILES string of the molecule is COc1ccc(-c2ccc3c(NS(=O)(=O)c4ccccc4OC)noc3c2)cc1. The van der Waals surface area contributed by atoms with Crippen molar-refractivity contribution in [2.24, 2.45) is 0 Å². The number of methoxy groups -OCH3 is 2. The zero-order chi connectivity index (χ0) is 20.4. The number of nitrogens with one attached hydrogen (secondary N) is 1. The fraction of sp³-hybridized carbons (Fsp3) is 0.0952. The van der Waals surface area contributed by atoms with Crippen molar-refractivity contribution in [2.75, 3.05) is 18.9 Å². The highest BCUT2D eigenvalue weighted by atomic mass is 32.2. The lowest BCUT2D eigenvalue weighted by atomic mass is 10.0. The molecule has 0 atom stereocenters. The zero-order valence-corrected chi connectivity index (χ0v) is 16.6. The van der Waals surface area contributed by atoms with Crippen molar-refractivity contribution in [1.82, 2.24) is 5.16 Å². The number of aromatic nitrogens is 1. The Morgan fingerprint density at radius 1 is 0.897 bits per heavy atom. The predicted octanol–water partition coefficient (Wildman–Crippen LogP) is 4.31. The molecule has 7 nitrogen and oxygen atoms in total.